The summed E-state index contributed by atoms with van der Waals surface area (Å²) in [6, 6.07) is 11.7. The second-order valence-corrected chi connectivity index (χ2v) is 10.1. The van der Waals surface area contributed by atoms with E-state index < -0.39 is 21.8 Å². The molecule has 0 saturated carbocycles. The third-order valence-electron chi connectivity index (χ3n) is 5.97. The number of hydrogen-bond donors (Lipinski definition) is 3. The molecule has 0 bridgehead atoms. The summed E-state index contributed by atoms with van der Waals surface area (Å²) < 4.78 is 28.8. The van der Waals surface area contributed by atoms with Crippen LogP contribution < -0.4 is 21.1 Å². The standard InChI is InChI=1S/C24H27N5O5S/c1-2-29-24(32)20-10-6-5-9-19(20)22(28-29)23(31)27-26-21(30)13-14-25-35(33,34)18-12-11-16-7-3-4-8-17(16)15-18/h5-6,9-12,15,25H,2-4,7-8,13-14H2,1H3,(H,26,30)(H,27,31). The lowest BCUT2D eigenvalue weighted by molar-refractivity contribution is -0.121. The van der Waals surface area contributed by atoms with E-state index >= 15 is 0 Å². The summed E-state index contributed by atoms with van der Waals surface area (Å²) in [6.45, 7) is 1.88. The maximum Gasteiger partial charge on any atom is 0.290 e. The number of hydrogen-bond acceptors (Lipinski definition) is 6. The maximum atomic E-state index is 12.7. The lowest BCUT2D eigenvalue weighted by Gasteiger charge is -2.16. The van der Waals surface area contributed by atoms with Gasteiger partial charge in [0.25, 0.3) is 11.5 Å². The highest BCUT2D eigenvalue weighted by molar-refractivity contribution is 7.89. The summed E-state index contributed by atoms with van der Waals surface area (Å²) in [5.41, 5.74) is 6.46. The number of nitrogens with one attached hydrogen (secondary N) is 3. The Morgan fingerprint density at radius 1 is 1.00 bits per heavy atom. The van der Waals surface area contributed by atoms with E-state index in [1.165, 1.54) is 10.2 Å². The van der Waals surface area contributed by atoms with Crippen molar-refractivity contribution in [3.05, 3.63) is 69.6 Å². The number of carbonyl (C=O) groups excluding carboxylic acids is 2. The molecule has 0 aliphatic heterocycles. The zero-order chi connectivity index (χ0) is 25.0. The molecule has 3 aromatic rings. The highest BCUT2D eigenvalue weighted by atomic mass is 32.2. The van der Waals surface area contributed by atoms with Crippen LogP contribution in [0.5, 0.6) is 0 Å². The molecule has 2 amide bonds. The van der Waals surface area contributed by atoms with Crippen molar-refractivity contribution >= 4 is 32.6 Å². The fourth-order valence-electron chi connectivity index (χ4n) is 4.12. The zero-order valence-corrected chi connectivity index (χ0v) is 20.2. The summed E-state index contributed by atoms with van der Waals surface area (Å²) in [5, 5.41) is 4.82. The van der Waals surface area contributed by atoms with Crippen molar-refractivity contribution in [1.29, 1.82) is 0 Å². The van der Waals surface area contributed by atoms with Crippen LogP contribution in [0.1, 0.15) is 47.8 Å². The number of aromatic nitrogens is 2. The molecule has 1 aliphatic carbocycles. The molecule has 2 aromatic carbocycles. The van der Waals surface area contributed by atoms with Crippen LogP contribution in [0.2, 0.25) is 0 Å². The monoisotopic (exact) mass is 497 g/mol. The van der Waals surface area contributed by atoms with Crippen LogP contribution in [0.3, 0.4) is 0 Å². The van der Waals surface area contributed by atoms with E-state index in [9.17, 15) is 22.8 Å². The number of hydrazine groups is 1. The number of benzene rings is 2. The normalized spacial score (nSPS) is 13.3. The largest absolute Gasteiger partial charge is 0.290 e. The van der Waals surface area contributed by atoms with Crippen LogP contribution in [0, 0.1) is 0 Å². The van der Waals surface area contributed by atoms with Gasteiger partial charge in [0.1, 0.15) is 0 Å². The quantitative estimate of drug-likeness (QED) is 0.422. The van der Waals surface area contributed by atoms with Gasteiger partial charge in [0.2, 0.25) is 15.9 Å². The molecular formula is C24H27N5O5S. The minimum Gasteiger partial charge on any atom is -0.273 e. The van der Waals surface area contributed by atoms with E-state index in [-0.39, 0.29) is 35.7 Å². The summed E-state index contributed by atoms with van der Waals surface area (Å²) >= 11 is 0. The van der Waals surface area contributed by atoms with Gasteiger partial charge in [-0.15, -0.1) is 0 Å². The molecule has 0 fully saturated rings. The first-order valence-electron chi connectivity index (χ1n) is 11.5. The fraction of sp³-hybridized carbons (Fsp3) is 0.333. The molecule has 0 atom stereocenters. The van der Waals surface area contributed by atoms with Crippen molar-refractivity contribution < 1.29 is 18.0 Å². The molecule has 0 unspecified atom stereocenters. The van der Waals surface area contributed by atoms with E-state index in [4.69, 9.17) is 0 Å². The second kappa shape index (κ2) is 10.4. The summed E-state index contributed by atoms with van der Waals surface area (Å²) in [4.78, 5) is 37.5. The number of carbonyl (C=O) groups is 2. The number of aryl methyl sites for hydroxylation is 3. The smallest absolute Gasteiger partial charge is 0.273 e. The summed E-state index contributed by atoms with van der Waals surface area (Å²) in [5.74, 6) is -1.27. The third-order valence-corrected chi connectivity index (χ3v) is 7.43. The first-order valence-corrected chi connectivity index (χ1v) is 13.0. The zero-order valence-electron chi connectivity index (χ0n) is 19.3. The number of fused-ring (bicyclic) bond motifs is 2. The van der Waals surface area contributed by atoms with Crippen molar-refractivity contribution in [2.45, 2.75) is 50.5 Å². The fourth-order valence-corrected chi connectivity index (χ4v) is 5.21. The van der Waals surface area contributed by atoms with Crippen molar-refractivity contribution in [3.8, 4) is 0 Å². The number of nitrogens with zero attached hydrogens (tertiary/aromatic N) is 2. The van der Waals surface area contributed by atoms with Crippen molar-refractivity contribution in [2.75, 3.05) is 6.54 Å². The molecule has 3 N–H and O–H groups in total. The Bertz CT molecular complexity index is 1450. The second-order valence-electron chi connectivity index (χ2n) is 8.30. The molecule has 35 heavy (non-hydrogen) atoms. The van der Waals surface area contributed by atoms with E-state index in [0.29, 0.717) is 10.8 Å². The van der Waals surface area contributed by atoms with E-state index in [2.05, 4.69) is 20.7 Å². The highest BCUT2D eigenvalue weighted by Gasteiger charge is 2.19. The van der Waals surface area contributed by atoms with E-state index in [1.54, 1.807) is 43.3 Å². The molecule has 11 heteroatoms. The van der Waals surface area contributed by atoms with Gasteiger partial charge in [-0.25, -0.2) is 17.8 Å². The third kappa shape index (κ3) is 5.41. The number of rotatable bonds is 7. The lowest BCUT2D eigenvalue weighted by Crippen LogP contribution is -2.43. The van der Waals surface area contributed by atoms with Gasteiger partial charge in [-0.2, -0.15) is 5.10 Å². The van der Waals surface area contributed by atoms with Crippen LogP contribution in [0.15, 0.2) is 52.2 Å². The predicted octanol–water partition coefficient (Wildman–Crippen LogP) is 1.42. The van der Waals surface area contributed by atoms with Gasteiger partial charge < -0.3 is 0 Å². The van der Waals surface area contributed by atoms with Crippen LogP contribution in [0.25, 0.3) is 10.8 Å². The van der Waals surface area contributed by atoms with E-state index in [0.717, 1.165) is 31.2 Å². The van der Waals surface area contributed by atoms with Gasteiger partial charge in [-0.05, 0) is 61.9 Å². The Kier molecular flexibility index (Phi) is 7.27. The first-order chi connectivity index (χ1) is 16.8. The van der Waals surface area contributed by atoms with Crippen molar-refractivity contribution in [1.82, 2.24) is 25.4 Å². The molecule has 0 radical (unpaired) electrons. The van der Waals surface area contributed by atoms with Gasteiger partial charge >= 0.3 is 0 Å². The summed E-state index contributed by atoms with van der Waals surface area (Å²) in [7, 11) is -3.76. The van der Waals surface area contributed by atoms with Crippen LogP contribution in [-0.2, 0) is 34.2 Å². The topological polar surface area (TPSA) is 139 Å². The Balaban J connectivity index is 1.34. The SMILES string of the molecule is CCn1nc(C(=O)NNC(=O)CCNS(=O)(=O)c2ccc3c(c2)CCCC3)c2ccccc2c1=O. The average Bonchev–Trinajstić information content (AvgIpc) is 2.87. The van der Waals surface area contributed by atoms with Gasteiger partial charge in [0, 0.05) is 24.9 Å². The first kappa shape index (κ1) is 24.6. The van der Waals surface area contributed by atoms with Crippen molar-refractivity contribution in [3.63, 3.8) is 0 Å². The lowest BCUT2D eigenvalue weighted by atomic mass is 9.92. The minimum atomic E-state index is -3.76. The number of amides is 2. The molecule has 0 spiro atoms. The Morgan fingerprint density at radius 3 is 2.46 bits per heavy atom. The molecule has 0 saturated heterocycles. The van der Waals surface area contributed by atoms with Crippen LogP contribution in [-0.4, -0.2) is 36.6 Å². The summed E-state index contributed by atoms with van der Waals surface area (Å²) in [6.07, 6.45) is 3.78. The Labute approximate surface area is 202 Å². The van der Waals surface area contributed by atoms with Crippen LogP contribution in [0.4, 0.5) is 0 Å². The molecule has 10 nitrogen and oxygen atoms in total. The van der Waals surface area contributed by atoms with E-state index in [1.807, 2.05) is 6.07 Å². The highest BCUT2D eigenvalue weighted by Crippen LogP contribution is 2.24. The van der Waals surface area contributed by atoms with Gasteiger partial charge in [0.15, 0.2) is 5.69 Å². The van der Waals surface area contributed by atoms with Crippen molar-refractivity contribution in [2.24, 2.45) is 0 Å². The van der Waals surface area contributed by atoms with Gasteiger partial charge in [0.05, 0.1) is 10.3 Å². The molecule has 1 aliphatic rings. The maximum absolute atomic E-state index is 12.7. The van der Waals surface area contributed by atoms with Crippen LogP contribution >= 0.6 is 0 Å². The predicted molar refractivity (Wildman–Crippen MR) is 130 cm³/mol. The average molecular weight is 498 g/mol. The number of sulfonamides is 1. The Hall–Kier alpha value is -3.57. The molecule has 1 aromatic heterocycles. The van der Waals surface area contributed by atoms with Gasteiger partial charge in [-0.3, -0.25) is 25.2 Å². The molecular weight excluding hydrogens is 470 g/mol. The van der Waals surface area contributed by atoms with Gasteiger partial charge in [-0.1, -0.05) is 24.3 Å². The molecule has 184 valence electrons. The molecule has 4 rings (SSSR count). The minimum absolute atomic E-state index is 0.00420. The Morgan fingerprint density at radius 2 is 1.71 bits per heavy atom. The molecule has 1 heterocycles.